The fourth-order valence-electron chi connectivity index (χ4n) is 2.49. The van der Waals surface area contributed by atoms with Crippen LogP contribution in [0, 0.1) is 0 Å². The number of piperazine rings is 1. The minimum atomic E-state index is -0.438. The van der Waals surface area contributed by atoms with Gasteiger partial charge in [-0.3, -0.25) is 9.88 Å². The van der Waals surface area contributed by atoms with E-state index < -0.39 is 6.10 Å². The summed E-state index contributed by atoms with van der Waals surface area (Å²) in [7, 11) is 0. The lowest BCUT2D eigenvalue weighted by Gasteiger charge is -2.38. The molecule has 1 fully saturated rings. The van der Waals surface area contributed by atoms with Gasteiger partial charge in [0.25, 0.3) is 0 Å². The summed E-state index contributed by atoms with van der Waals surface area (Å²) in [5.74, 6) is 0. The first-order chi connectivity index (χ1) is 9.11. The summed E-state index contributed by atoms with van der Waals surface area (Å²) in [4.78, 5) is 9.24. The van der Waals surface area contributed by atoms with Crippen molar-refractivity contribution < 1.29 is 5.11 Å². The molecule has 0 aromatic carbocycles. The first-order valence-corrected chi connectivity index (χ1v) is 7.24. The number of rotatable bonds is 4. The summed E-state index contributed by atoms with van der Waals surface area (Å²) in [5, 5.41) is 9.74. The topological polar surface area (TPSA) is 39.6 Å². The zero-order valence-electron chi connectivity index (χ0n) is 12.2. The average molecular weight is 263 g/mol. The highest BCUT2D eigenvalue weighted by Crippen LogP contribution is 2.19. The predicted octanol–water partition coefficient (Wildman–Crippen LogP) is 2.06. The number of hydrogen-bond donors (Lipinski definition) is 1. The van der Waals surface area contributed by atoms with Crippen molar-refractivity contribution in [1.82, 2.24) is 9.88 Å². The maximum Gasteiger partial charge on any atom is 0.0957 e. The van der Waals surface area contributed by atoms with E-state index in [0.29, 0.717) is 12.5 Å². The van der Waals surface area contributed by atoms with Crippen LogP contribution in [0.25, 0.3) is 0 Å². The van der Waals surface area contributed by atoms with E-state index in [1.807, 2.05) is 19.2 Å². The molecule has 1 atom stereocenters. The van der Waals surface area contributed by atoms with Gasteiger partial charge in [0, 0.05) is 32.2 Å². The second-order valence-corrected chi connectivity index (χ2v) is 5.48. The molecule has 0 aliphatic carbocycles. The van der Waals surface area contributed by atoms with Gasteiger partial charge in [0.05, 0.1) is 23.7 Å². The Morgan fingerprint density at radius 3 is 2.37 bits per heavy atom. The van der Waals surface area contributed by atoms with Gasteiger partial charge in [0.1, 0.15) is 0 Å². The lowest BCUT2D eigenvalue weighted by atomic mass is 10.1. The van der Waals surface area contributed by atoms with Crippen LogP contribution >= 0.6 is 0 Å². The molecule has 2 heterocycles. The fraction of sp³-hybridized carbons (Fsp3) is 0.667. The molecule has 4 heteroatoms. The van der Waals surface area contributed by atoms with Crippen LogP contribution in [0.1, 0.15) is 39.0 Å². The number of aromatic nitrogens is 1. The Balaban J connectivity index is 1.96. The molecule has 1 aromatic heterocycles. The third-order valence-electron chi connectivity index (χ3n) is 3.91. The minimum Gasteiger partial charge on any atom is -0.387 e. The smallest absolute Gasteiger partial charge is 0.0957 e. The second kappa shape index (κ2) is 6.35. The average Bonchev–Trinajstić information content (AvgIpc) is 2.46. The summed E-state index contributed by atoms with van der Waals surface area (Å²) in [5.41, 5.74) is 1.93. The highest BCUT2D eigenvalue weighted by atomic mass is 16.3. The predicted molar refractivity (Wildman–Crippen MR) is 78.4 cm³/mol. The molecule has 1 aliphatic rings. The molecule has 1 saturated heterocycles. The van der Waals surface area contributed by atoms with Crippen molar-refractivity contribution in [2.45, 2.75) is 39.3 Å². The molecule has 1 aliphatic heterocycles. The molecule has 1 aromatic rings. The van der Waals surface area contributed by atoms with Crippen LogP contribution in [0.2, 0.25) is 0 Å². The van der Waals surface area contributed by atoms with Crippen molar-refractivity contribution in [1.29, 1.82) is 0 Å². The van der Waals surface area contributed by atoms with Crippen LogP contribution in [-0.4, -0.2) is 47.2 Å². The van der Waals surface area contributed by atoms with Crippen molar-refractivity contribution in [3.05, 3.63) is 24.0 Å². The number of pyridine rings is 1. The number of nitrogens with zero attached hydrogens (tertiary/aromatic N) is 3. The number of aliphatic hydroxyl groups is 1. The molecule has 106 valence electrons. The van der Waals surface area contributed by atoms with Gasteiger partial charge >= 0.3 is 0 Å². The van der Waals surface area contributed by atoms with Crippen LogP contribution in [0.3, 0.4) is 0 Å². The molecule has 1 N–H and O–H groups in total. The SMILES string of the molecule is CC[C@H](O)c1ccc(N2CCN(C(C)C)CC2)cn1. The second-order valence-electron chi connectivity index (χ2n) is 5.48. The first kappa shape index (κ1) is 14.3. The summed E-state index contributed by atoms with van der Waals surface area (Å²) in [6, 6.07) is 4.65. The Morgan fingerprint density at radius 1 is 1.21 bits per heavy atom. The normalized spacial score (nSPS) is 18.9. The maximum atomic E-state index is 9.74. The van der Waals surface area contributed by atoms with Crippen molar-refractivity contribution in [2.75, 3.05) is 31.1 Å². The van der Waals surface area contributed by atoms with Gasteiger partial charge < -0.3 is 10.0 Å². The van der Waals surface area contributed by atoms with Crippen LogP contribution in [0.4, 0.5) is 5.69 Å². The Kier molecular flexibility index (Phi) is 4.77. The third kappa shape index (κ3) is 3.45. The highest BCUT2D eigenvalue weighted by Gasteiger charge is 2.19. The van der Waals surface area contributed by atoms with Crippen LogP contribution in [-0.2, 0) is 0 Å². The van der Waals surface area contributed by atoms with Crippen molar-refractivity contribution in [2.24, 2.45) is 0 Å². The molecule has 0 radical (unpaired) electrons. The molecule has 0 bridgehead atoms. The molecule has 19 heavy (non-hydrogen) atoms. The molecule has 0 saturated carbocycles. The monoisotopic (exact) mass is 263 g/mol. The third-order valence-corrected chi connectivity index (χ3v) is 3.91. The van der Waals surface area contributed by atoms with Crippen LogP contribution in [0.5, 0.6) is 0 Å². The van der Waals surface area contributed by atoms with E-state index in [4.69, 9.17) is 0 Å². The fourth-order valence-corrected chi connectivity index (χ4v) is 2.49. The quantitative estimate of drug-likeness (QED) is 0.902. The van der Waals surface area contributed by atoms with E-state index in [-0.39, 0.29) is 0 Å². The van der Waals surface area contributed by atoms with E-state index in [2.05, 4.69) is 34.7 Å². The number of anilines is 1. The summed E-state index contributed by atoms with van der Waals surface area (Å²) in [6.45, 7) is 10.8. The Bertz CT molecular complexity index is 383. The summed E-state index contributed by atoms with van der Waals surface area (Å²) in [6.07, 6.45) is 2.16. The zero-order valence-corrected chi connectivity index (χ0v) is 12.2. The van der Waals surface area contributed by atoms with E-state index >= 15 is 0 Å². The summed E-state index contributed by atoms with van der Waals surface area (Å²) < 4.78 is 0. The minimum absolute atomic E-state index is 0.438. The Morgan fingerprint density at radius 2 is 1.89 bits per heavy atom. The van der Waals surface area contributed by atoms with Gasteiger partial charge in [-0.05, 0) is 32.4 Å². The van der Waals surface area contributed by atoms with E-state index in [9.17, 15) is 5.11 Å². The highest BCUT2D eigenvalue weighted by molar-refractivity contribution is 5.45. The maximum absolute atomic E-state index is 9.74. The van der Waals surface area contributed by atoms with Gasteiger partial charge in [-0.2, -0.15) is 0 Å². The van der Waals surface area contributed by atoms with E-state index in [1.54, 1.807) is 0 Å². The summed E-state index contributed by atoms with van der Waals surface area (Å²) >= 11 is 0. The van der Waals surface area contributed by atoms with Gasteiger partial charge in [0.15, 0.2) is 0 Å². The molecule has 0 unspecified atom stereocenters. The Labute approximate surface area is 116 Å². The number of aliphatic hydroxyl groups excluding tert-OH is 1. The van der Waals surface area contributed by atoms with Gasteiger partial charge in [-0.1, -0.05) is 6.92 Å². The molecule has 2 rings (SSSR count). The van der Waals surface area contributed by atoms with Gasteiger partial charge in [-0.15, -0.1) is 0 Å². The first-order valence-electron chi connectivity index (χ1n) is 7.24. The standard InChI is InChI=1S/C15H25N3O/c1-4-15(19)14-6-5-13(11-16-14)18-9-7-17(8-10-18)12(2)3/h5-6,11-12,15,19H,4,7-10H2,1-3H3/t15-/m0/s1. The van der Waals surface area contributed by atoms with Crippen LogP contribution in [0.15, 0.2) is 18.3 Å². The molecule has 4 nitrogen and oxygen atoms in total. The lowest BCUT2D eigenvalue weighted by molar-refractivity contribution is 0.169. The van der Waals surface area contributed by atoms with Crippen LogP contribution < -0.4 is 4.90 Å². The van der Waals surface area contributed by atoms with E-state index in [1.165, 1.54) is 0 Å². The zero-order chi connectivity index (χ0) is 13.8. The molecular formula is C15H25N3O. The van der Waals surface area contributed by atoms with Gasteiger partial charge in [-0.25, -0.2) is 0 Å². The lowest BCUT2D eigenvalue weighted by Crippen LogP contribution is -2.48. The molecule has 0 amide bonds. The van der Waals surface area contributed by atoms with Gasteiger partial charge in [0.2, 0.25) is 0 Å². The van der Waals surface area contributed by atoms with Crippen molar-refractivity contribution >= 4 is 5.69 Å². The molecule has 0 spiro atoms. The Hall–Kier alpha value is -1.13. The van der Waals surface area contributed by atoms with Crippen molar-refractivity contribution in [3.8, 4) is 0 Å². The van der Waals surface area contributed by atoms with Crippen molar-refractivity contribution in [3.63, 3.8) is 0 Å². The number of hydrogen-bond acceptors (Lipinski definition) is 4. The molecular weight excluding hydrogens is 238 g/mol. The van der Waals surface area contributed by atoms with E-state index in [0.717, 1.165) is 37.6 Å². The largest absolute Gasteiger partial charge is 0.387 e.